The van der Waals surface area contributed by atoms with E-state index < -0.39 is 10.0 Å². The number of anilines is 1. The van der Waals surface area contributed by atoms with Crippen molar-refractivity contribution in [1.29, 1.82) is 0 Å². The number of methoxy groups -OCH3 is 1. The average molecular weight is 365 g/mol. The number of nitrogens with zero attached hydrogens (tertiary/aromatic N) is 1. The van der Waals surface area contributed by atoms with Crippen LogP contribution < -0.4 is 4.72 Å². The van der Waals surface area contributed by atoms with Gasteiger partial charge in [-0.15, -0.1) is 0 Å². The minimum absolute atomic E-state index is 0.0995. The van der Waals surface area contributed by atoms with Crippen molar-refractivity contribution in [1.82, 2.24) is 10.2 Å². The monoisotopic (exact) mass is 365 g/mol. The van der Waals surface area contributed by atoms with Crippen molar-refractivity contribution in [3.05, 3.63) is 41.6 Å². The van der Waals surface area contributed by atoms with Crippen molar-refractivity contribution in [2.24, 2.45) is 0 Å². The maximum absolute atomic E-state index is 12.4. The summed E-state index contributed by atoms with van der Waals surface area (Å²) in [5, 5.41) is 6.89. The fourth-order valence-electron chi connectivity index (χ4n) is 2.45. The summed E-state index contributed by atoms with van der Waals surface area (Å²) in [6, 6.07) is 7.79. The van der Waals surface area contributed by atoms with Crippen LogP contribution in [0.15, 0.2) is 35.2 Å². The predicted octanol–water partition coefficient (Wildman–Crippen LogP) is 2.83. The molecule has 0 fully saturated rings. The largest absolute Gasteiger partial charge is 0.469 e. The fraction of sp³-hybridized carbons (Fsp3) is 0.412. The highest BCUT2D eigenvalue weighted by Crippen LogP contribution is 2.22. The lowest BCUT2D eigenvalue weighted by Crippen LogP contribution is -2.13. The number of hydrogen-bond donors (Lipinski definition) is 2. The van der Waals surface area contributed by atoms with Gasteiger partial charge in [-0.3, -0.25) is 14.6 Å². The zero-order chi connectivity index (χ0) is 18.4. The fourth-order valence-corrected chi connectivity index (χ4v) is 3.44. The molecule has 2 rings (SSSR count). The average Bonchev–Trinajstić information content (AvgIpc) is 3.03. The van der Waals surface area contributed by atoms with Crippen molar-refractivity contribution in [2.45, 2.75) is 43.9 Å². The Kier molecular flexibility index (Phi) is 6.19. The first-order chi connectivity index (χ1) is 11.9. The lowest BCUT2D eigenvalue weighted by atomic mass is 10.0. The molecule has 1 heterocycles. The number of carbonyl (C=O) groups is 1. The molecule has 0 radical (unpaired) electrons. The Labute approximate surface area is 147 Å². The molecular formula is C17H23N3O4S. The zero-order valence-corrected chi connectivity index (χ0v) is 15.4. The minimum Gasteiger partial charge on any atom is -0.469 e. The van der Waals surface area contributed by atoms with Crippen LogP contribution in [0.5, 0.6) is 0 Å². The molecule has 0 aliphatic carbocycles. The van der Waals surface area contributed by atoms with Crippen LogP contribution in [0, 0.1) is 0 Å². The van der Waals surface area contributed by atoms with Gasteiger partial charge in [0.2, 0.25) is 0 Å². The lowest BCUT2D eigenvalue weighted by Gasteiger charge is -2.07. The summed E-state index contributed by atoms with van der Waals surface area (Å²) >= 11 is 0. The molecule has 0 aliphatic heterocycles. The van der Waals surface area contributed by atoms with Gasteiger partial charge < -0.3 is 4.74 Å². The predicted molar refractivity (Wildman–Crippen MR) is 94.9 cm³/mol. The van der Waals surface area contributed by atoms with Gasteiger partial charge in [0.1, 0.15) is 0 Å². The number of ether oxygens (including phenoxy) is 1. The molecule has 1 atom stereocenters. The standard InChI is InChI=1S/C17H23N3O4S/c1-4-5-12(2)15-11-16(19-18-15)20-25(22,23)14-8-6-13(7-9-14)10-17(21)24-3/h6-9,11-12H,4-5,10H2,1-3H3,(H2,18,19,20). The van der Waals surface area contributed by atoms with E-state index in [1.165, 1.54) is 19.2 Å². The van der Waals surface area contributed by atoms with E-state index in [-0.39, 0.29) is 29.0 Å². The molecule has 1 unspecified atom stereocenters. The van der Waals surface area contributed by atoms with Crippen LogP contribution in [0.25, 0.3) is 0 Å². The first kappa shape index (κ1) is 19.0. The summed E-state index contributed by atoms with van der Waals surface area (Å²) in [5.74, 6) is 0.170. The molecule has 0 saturated carbocycles. The Morgan fingerprint density at radius 2 is 2.00 bits per heavy atom. The van der Waals surface area contributed by atoms with E-state index in [1.807, 2.05) is 0 Å². The van der Waals surface area contributed by atoms with Crippen LogP contribution in [0.2, 0.25) is 0 Å². The molecule has 2 N–H and O–H groups in total. The molecule has 136 valence electrons. The summed E-state index contributed by atoms with van der Waals surface area (Å²) in [5.41, 5.74) is 1.58. The van der Waals surface area contributed by atoms with Crippen LogP contribution in [0.4, 0.5) is 5.82 Å². The molecule has 0 spiro atoms. The first-order valence-corrected chi connectivity index (χ1v) is 9.58. The van der Waals surface area contributed by atoms with Crippen LogP contribution in [0.1, 0.15) is 43.9 Å². The first-order valence-electron chi connectivity index (χ1n) is 8.09. The second-order valence-electron chi connectivity index (χ2n) is 5.90. The van der Waals surface area contributed by atoms with Gasteiger partial charge in [0.15, 0.2) is 5.82 Å². The molecule has 0 amide bonds. The Morgan fingerprint density at radius 1 is 1.32 bits per heavy atom. The number of benzene rings is 1. The van der Waals surface area contributed by atoms with Crippen molar-refractivity contribution < 1.29 is 17.9 Å². The van der Waals surface area contributed by atoms with Gasteiger partial charge >= 0.3 is 5.97 Å². The quantitative estimate of drug-likeness (QED) is 0.701. The number of nitrogens with one attached hydrogen (secondary N) is 2. The van der Waals surface area contributed by atoms with E-state index in [9.17, 15) is 13.2 Å². The van der Waals surface area contributed by atoms with E-state index in [4.69, 9.17) is 0 Å². The maximum atomic E-state index is 12.4. The molecule has 7 nitrogen and oxygen atoms in total. The number of aromatic nitrogens is 2. The van der Waals surface area contributed by atoms with Gasteiger partial charge in [0.05, 0.1) is 18.4 Å². The maximum Gasteiger partial charge on any atom is 0.309 e. The summed E-state index contributed by atoms with van der Waals surface area (Å²) in [6.07, 6.45) is 2.14. The van der Waals surface area contributed by atoms with Crippen LogP contribution >= 0.6 is 0 Å². The summed E-state index contributed by atoms with van der Waals surface area (Å²) < 4.78 is 31.9. The van der Waals surface area contributed by atoms with Crippen molar-refractivity contribution >= 4 is 21.8 Å². The third kappa shape index (κ3) is 5.06. The number of aromatic amines is 1. The number of esters is 1. The third-order valence-electron chi connectivity index (χ3n) is 3.90. The highest BCUT2D eigenvalue weighted by molar-refractivity contribution is 7.92. The smallest absolute Gasteiger partial charge is 0.309 e. The number of hydrogen-bond acceptors (Lipinski definition) is 5. The molecule has 1 aromatic carbocycles. The lowest BCUT2D eigenvalue weighted by molar-refractivity contribution is -0.139. The van der Waals surface area contributed by atoms with Gasteiger partial charge in [-0.05, 0) is 30.0 Å². The van der Waals surface area contributed by atoms with E-state index >= 15 is 0 Å². The van der Waals surface area contributed by atoms with Gasteiger partial charge in [-0.25, -0.2) is 8.42 Å². The molecule has 2 aromatic rings. The Morgan fingerprint density at radius 3 is 2.60 bits per heavy atom. The highest BCUT2D eigenvalue weighted by atomic mass is 32.2. The van der Waals surface area contributed by atoms with Gasteiger partial charge in [-0.2, -0.15) is 5.10 Å². The molecule has 0 aliphatic rings. The summed E-state index contributed by atoms with van der Waals surface area (Å²) in [6.45, 7) is 4.16. The topological polar surface area (TPSA) is 101 Å². The molecule has 25 heavy (non-hydrogen) atoms. The van der Waals surface area contributed by atoms with E-state index in [2.05, 4.69) is 33.5 Å². The molecular weight excluding hydrogens is 342 g/mol. The molecule has 8 heteroatoms. The van der Waals surface area contributed by atoms with Crippen molar-refractivity contribution in [3.63, 3.8) is 0 Å². The van der Waals surface area contributed by atoms with Gasteiger partial charge in [-0.1, -0.05) is 32.4 Å². The Bertz CT molecular complexity index is 813. The zero-order valence-electron chi connectivity index (χ0n) is 14.6. The number of carbonyl (C=O) groups excluding carboxylic acids is 1. The number of rotatable bonds is 8. The van der Waals surface area contributed by atoms with E-state index in [0.717, 1.165) is 18.5 Å². The van der Waals surface area contributed by atoms with Crippen LogP contribution in [-0.2, 0) is 26.0 Å². The number of sulfonamides is 1. The minimum atomic E-state index is -3.74. The SMILES string of the molecule is CCCC(C)c1cc(NS(=O)(=O)c2ccc(CC(=O)OC)cc2)n[nH]1. The normalized spacial score (nSPS) is 12.6. The van der Waals surface area contributed by atoms with Gasteiger partial charge in [0, 0.05) is 11.8 Å². The summed E-state index contributed by atoms with van der Waals surface area (Å²) in [4.78, 5) is 11.3. The van der Waals surface area contributed by atoms with E-state index in [1.54, 1.807) is 18.2 Å². The van der Waals surface area contributed by atoms with Crippen LogP contribution in [-0.4, -0.2) is 31.7 Å². The molecule has 1 aromatic heterocycles. The molecule has 0 bridgehead atoms. The second-order valence-corrected chi connectivity index (χ2v) is 7.58. The van der Waals surface area contributed by atoms with E-state index in [0.29, 0.717) is 5.56 Å². The van der Waals surface area contributed by atoms with Crippen molar-refractivity contribution in [3.8, 4) is 0 Å². The number of H-pyrrole nitrogens is 1. The van der Waals surface area contributed by atoms with Crippen molar-refractivity contribution in [2.75, 3.05) is 11.8 Å². The Balaban J connectivity index is 2.10. The van der Waals surface area contributed by atoms with Crippen LogP contribution in [0.3, 0.4) is 0 Å². The second kappa shape index (κ2) is 8.15. The van der Waals surface area contributed by atoms with Gasteiger partial charge in [0.25, 0.3) is 10.0 Å². The highest BCUT2D eigenvalue weighted by Gasteiger charge is 2.17. The molecule has 0 saturated heterocycles. The summed E-state index contributed by atoms with van der Waals surface area (Å²) in [7, 11) is -2.43. The Hall–Kier alpha value is -2.35. The third-order valence-corrected chi connectivity index (χ3v) is 5.27.